The van der Waals surface area contributed by atoms with E-state index >= 15 is 0 Å². The SMILES string of the molecule is CC(C)(C)c1ccc(-c2nnc(SCC(=O)c3cc(F)ccc3F)o2)cc1. The van der Waals surface area contributed by atoms with Crippen molar-refractivity contribution >= 4 is 17.5 Å². The molecule has 0 amide bonds. The monoisotopic (exact) mass is 388 g/mol. The summed E-state index contributed by atoms with van der Waals surface area (Å²) in [5.74, 6) is -1.77. The molecule has 27 heavy (non-hydrogen) atoms. The van der Waals surface area contributed by atoms with Crippen LogP contribution in [-0.4, -0.2) is 21.7 Å². The Morgan fingerprint density at radius 1 is 1.07 bits per heavy atom. The van der Waals surface area contributed by atoms with E-state index in [1.54, 1.807) is 0 Å². The van der Waals surface area contributed by atoms with E-state index in [4.69, 9.17) is 4.42 Å². The standard InChI is InChI=1S/C20H18F2N2O2S/c1-20(2,3)13-6-4-12(5-7-13)18-23-24-19(26-18)27-11-17(25)15-10-14(21)8-9-16(15)22/h4-10H,11H2,1-3H3. The summed E-state index contributed by atoms with van der Waals surface area (Å²) in [5.41, 5.74) is 1.70. The molecule has 2 aromatic carbocycles. The first-order valence-electron chi connectivity index (χ1n) is 8.29. The first-order valence-corrected chi connectivity index (χ1v) is 9.28. The lowest BCUT2D eigenvalue weighted by Gasteiger charge is -2.18. The lowest BCUT2D eigenvalue weighted by atomic mass is 9.87. The molecule has 3 rings (SSSR count). The molecule has 0 unspecified atom stereocenters. The molecule has 0 aliphatic rings. The molecule has 0 spiro atoms. The Morgan fingerprint density at radius 2 is 1.78 bits per heavy atom. The average molecular weight is 388 g/mol. The van der Waals surface area contributed by atoms with E-state index in [9.17, 15) is 13.6 Å². The summed E-state index contributed by atoms with van der Waals surface area (Å²) < 4.78 is 32.4. The van der Waals surface area contributed by atoms with E-state index in [0.29, 0.717) is 5.89 Å². The van der Waals surface area contributed by atoms with Crippen LogP contribution in [0.4, 0.5) is 8.78 Å². The fourth-order valence-corrected chi connectivity index (χ4v) is 3.06. The highest BCUT2D eigenvalue weighted by atomic mass is 32.2. The van der Waals surface area contributed by atoms with Gasteiger partial charge in [-0.25, -0.2) is 8.78 Å². The summed E-state index contributed by atoms with van der Waals surface area (Å²) >= 11 is 0.982. The van der Waals surface area contributed by atoms with Gasteiger partial charge >= 0.3 is 0 Å². The molecular weight excluding hydrogens is 370 g/mol. The highest BCUT2D eigenvalue weighted by Crippen LogP contribution is 2.27. The molecule has 0 saturated heterocycles. The Kier molecular flexibility index (Phi) is 5.41. The van der Waals surface area contributed by atoms with Gasteiger partial charge in [0.2, 0.25) is 5.89 Å². The summed E-state index contributed by atoms with van der Waals surface area (Å²) in [6.45, 7) is 6.38. The number of carbonyl (C=O) groups excluding carboxylic acids is 1. The molecule has 4 nitrogen and oxygen atoms in total. The zero-order chi connectivity index (χ0) is 19.6. The molecule has 0 atom stereocenters. The van der Waals surface area contributed by atoms with Crippen molar-refractivity contribution in [2.24, 2.45) is 0 Å². The van der Waals surface area contributed by atoms with Crippen LogP contribution in [0.3, 0.4) is 0 Å². The molecule has 1 heterocycles. The van der Waals surface area contributed by atoms with Crippen LogP contribution in [0.15, 0.2) is 52.1 Å². The number of benzene rings is 2. The topological polar surface area (TPSA) is 56.0 Å². The zero-order valence-electron chi connectivity index (χ0n) is 15.1. The van der Waals surface area contributed by atoms with Crippen molar-refractivity contribution in [2.45, 2.75) is 31.4 Å². The smallest absolute Gasteiger partial charge is 0.277 e. The normalized spacial score (nSPS) is 11.6. The molecule has 0 saturated carbocycles. The maximum absolute atomic E-state index is 13.6. The summed E-state index contributed by atoms with van der Waals surface area (Å²) in [4.78, 5) is 12.1. The highest BCUT2D eigenvalue weighted by molar-refractivity contribution is 7.99. The average Bonchev–Trinajstić information content (AvgIpc) is 3.10. The molecule has 0 bridgehead atoms. The lowest BCUT2D eigenvalue weighted by Crippen LogP contribution is -2.10. The summed E-state index contributed by atoms with van der Waals surface area (Å²) in [7, 11) is 0. The number of halogens is 2. The molecule has 1 aromatic heterocycles. The Hall–Kier alpha value is -2.54. The number of thioether (sulfide) groups is 1. The van der Waals surface area contributed by atoms with Gasteiger partial charge in [-0.1, -0.05) is 44.7 Å². The van der Waals surface area contributed by atoms with Gasteiger partial charge in [0.1, 0.15) is 11.6 Å². The molecule has 0 aliphatic heterocycles. The Labute approximate surface area is 160 Å². The molecule has 0 aliphatic carbocycles. The third-order valence-electron chi connectivity index (χ3n) is 3.96. The van der Waals surface area contributed by atoms with Crippen molar-refractivity contribution in [1.82, 2.24) is 10.2 Å². The number of Topliss-reactive ketones (excluding diaryl/α,β-unsaturated/α-hetero) is 1. The van der Waals surface area contributed by atoms with Crippen molar-refractivity contribution in [3.05, 3.63) is 65.2 Å². The van der Waals surface area contributed by atoms with Crippen molar-refractivity contribution in [3.8, 4) is 11.5 Å². The first-order chi connectivity index (χ1) is 12.7. The minimum Gasteiger partial charge on any atom is -0.411 e. The van der Waals surface area contributed by atoms with Crippen LogP contribution in [0.25, 0.3) is 11.5 Å². The first kappa shape index (κ1) is 19.2. The van der Waals surface area contributed by atoms with E-state index in [2.05, 4.69) is 31.0 Å². The zero-order valence-corrected chi connectivity index (χ0v) is 15.9. The van der Waals surface area contributed by atoms with Gasteiger partial charge in [0, 0.05) is 5.56 Å². The number of ketones is 1. The van der Waals surface area contributed by atoms with Gasteiger partial charge in [0.15, 0.2) is 5.78 Å². The molecule has 3 aromatic rings. The summed E-state index contributed by atoms with van der Waals surface area (Å²) in [5, 5.41) is 8.06. The molecule has 0 N–H and O–H groups in total. The van der Waals surface area contributed by atoms with Crippen molar-refractivity contribution in [2.75, 3.05) is 5.75 Å². The van der Waals surface area contributed by atoms with Crippen molar-refractivity contribution < 1.29 is 18.0 Å². The van der Waals surface area contributed by atoms with Crippen LogP contribution in [0.1, 0.15) is 36.7 Å². The molecule has 140 valence electrons. The minimum absolute atomic E-state index is 0.0426. The van der Waals surface area contributed by atoms with Crippen molar-refractivity contribution in [3.63, 3.8) is 0 Å². The third-order valence-corrected chi connectivity index (χ3v) is 4.78. The van der Waals surface area contributed by atoms with Gasteiger partial charge in [-0.3, -0.25) is 4.79 Å². The largest absolute Gasteiger partial charge is 0.411 e. The van der Waals surface area contributed by atoms with Gasteiger partial charge in [-0.05, 0) is 41.3 Å². The Morgan fingerprint density at radius 3 is 2.44 bits per heavy atom. The molecule has 0 fully saturated rings. The molecular formula is C20H18F2N2O2S. The third kappa shape index (κ3) is 4.60. The predicted molar refractivity (Wildman–Crippen MR) is 99.8 cm³/mol. The van der Waals surface area contributed by atoms with Crippen LogP contribution < -0.4 is 0 Å². The van der Waals surface area contributed by atoms with Crippen molar-refractivity contribution in [1.29, 1.82) is 0 Å². The fourth-order valence-electron chi connectivity index (χ4n) is 2.41. The van der Waals surface area contributed by atoms with Gasteiger partial charge in [0.25, 0.3) is 5.22 Å². The van der Waals surface area contributed by atoms with Crippen LogP contribution in [0.5, 0.6) is 0 Å². The second-order valence-electron chi connectivity index (χ2n) is 7.04. The van der Waals surface area contributed by atoms with Gasteiger partial charge in [-0.2, -0.15) is 0 Å². The van der Waals surface area contributed by atoms with Gasteiger partial charge in [0.05, 0.1) is 11.3 Å². The second-order valence-corrected chi connectivity index (χ2v) is 7.96. The van der Waals surface area contributed by atoms with E-state index in [1.165, 1.54) is 5.56 Å². The molecule has 7 heteroatoms. The number of rotatable bonds is 5. The maximum atomic E-state index is 13.6. The quantitative estimate of drug-likeness (QED) is 0.439. The van der Waals surface area contributed by atoms with E-state index in [0.717, 1.165) is 35.5 Å². The van der Waals surface area contributed by atoms with Gasteiger partial charge < -0.3 is 4.42 Å². The number of hydrogen-bond acceptors (Lipinski definition) is 5. The van der Waals surface area contributed by atoms with E-state index in [-0.39, 0.29) is 22.0 Å². The number of nitrogens with zero attached hydrogens (tertiary/aromatic N) is 2. The van der Waals surface area contributed by atoms with Crippen LogP contribution in [0.2, 0.25) is 0 Å². The van der Waals surface area contributed by atoms with E-state index < -0.39 is 17.4 Å². The summed E-state index contributed by atoms with van der Waals surface area (Å²) in [6, 6.07) is 10.6. The number of aromatic nitrogens is 2. The summed E-state index contributed by atoms with van der Waals surface area (Å²) in [6.07, 6.45) is 0. The number of carbonyl (C=O) groups is 1. The fraction of sp³-hybridized carbons (Fsp3) is 0.250. The predicted octanol–water partition coefficient (Wildman–Crippen LogP) is 5.29. The van der Waals surface area contributed by atoms with Gasteiger partial charge in [-0.15, -0.1) is 10.2 Å². The second kappa shape index (κ2) is 7.60. The number of hydrogen-bond donors (Lipinski definition) is 0. The molecule has 0 radical (unpaired) electrons. The minimum atomic E-state index is -0.757. The van der Waals surface area contributed by atoms with Crippen LogP contribution in [0, 0.1) is 11.6 Å². The lowest BCUT2D eigenvalue weighted by molar-refractivity contribution is 0.101. The van der Waals surface area contributed by atoms with Crippen LogP contribution in [-0.2, 0) is 5.41 Å². The van der Waals surface area contributed by atoms with Crippen LogP contribution >= 0.6 is 11.8 Å². The highest BCUT2D eigenvalue weighted by Gasteiger charge is 2.17. The Bertz CT molecular complexity index is 963. The van der Waals surface area contributed by atoms with E-state index in [1.807, 2.05) is 24.3 Å². The maximum Gasteiger partial charge on any atom is 0.277 e. The Balaban J connectivity index is 1.67.